The molecule has 0 aromatic heterocycles. The Kier molecular flexibility index (Phi) is 3.47. The Hall–Kier alpha value is -1.83. The second kappa shape index (κ2) is 5.28. The molecule has 2 heteroatoms. The van der Waals surface area contributed by atoms with E-state index in [2.05, 4.69) is 30.4 Å². The van der Waals surface area contributed by atoms with E-state index in [0.717, 1.165) is 11.3 Å². The molecule has 1 unspecified atom stereocenters. The van der Waals surface area contributed by atoms with Crippen LogP contribution in [0, 0.1) is 12.7 Å². The van der Waals surface area contributed by atoms with Crippen molar-refractivity contribution in [2.75, 3.05) is 5.32 Å². The van der Waals surface area contributed by atoms with E-state index in [4.69, 9.17) is 0 Å². The number of fused-ring (bicyclic) bond motifs is 1. The predicted molar refractivity (Wildman–Crippen MR) is 81.6 cm³/mol. The van der Waals surface area contributed by atoms with Crippen molar-refractivity contribution in [3.05, 3.63) is 64.5 Å². The first-order valence-corrected chi connectivity index (χ1v) is 7.27. The van der Waals surface area contributed by atoms with Gasteiger partial charge in [-0.2, -0.15) is 0 Å². The van der Waals surface area contributed by atoms with Gasteiger partial charge in [-0.3, -0.25) is 0 Å². The zero-order chi connectivity index (χ0) is 14.1. The molecular formula is C18H20FN. The van der Waals surface area contributed by atoms with Gasteiger partial charge in [0.25, 0.3) is 0 Å². The molecular weight excluding hydrogens is 249 g/mol. The number of benzene rings is 2. The number of rotatable bonds is 3. The van der Waals surface area contributed by atoms with Gasteiger partial charge in [-0.1, -0.05) is 18.2 Å². The Bertz CT molecular complexity index is 613. The molecule has 0 bridgehead atoms. The van der Waals surface area contributed by atoms with Crippen molar-refractivity contribution < 1.29 is 4.39 Å². The Morgan fingerprint density at radius 1 is 1.05 bits per heavy atom. The summed E-state index contributed by atoms with van der Waals surface area (Å²) in [5, 5.41) is 3.39. The third-order valence-electron chi connectivity index (χ3n) is 4.05. The standard InChI is InChI=1S/C18H20FN/c1-12-8-17(19)11-18(9-12)20-13(2)15-7-6-14-4-3-5-16(14)10-15/h6-11,13,20H,3-5H2,1-2H3. The lowest BCUT2D eigenvalue weighted by molar-refractivity contribution is 0.626. The summed E-state index contributed by atoms with van der Waals surface area (Å²) in [7, 11) is 0. The van der Waals surface area contributed by atoms with E-state index >= 15 is 0 Å². The first-order valence-electron chi connectivity index (χ1n) is 7.27. The fourth-order valence-electron chi connectivity index (χ4n) is 3.01. The summed E-state index contributed by atoms with van der Waals surface area (Å²) in [5.41, 5.74) is 6.02. The highest BCUT2D eigenvalue weighted by molar-refractivity contribution is 5.48. The van der Waals surface area contributed by atoms with Gasteiger partial charge in [0.15, 0.2) is 0 Å². The number of anilines is 1. The molecule has 0 spiro atoms. The number of aryl methyl sites for hydroxylation is 3. The molecule has 0 saturated heterocycles. The first-order chi connectivity index (χ1) is 9.61. The molecule has 0 heterocycles. The zero-order valence-electron chi connectivity index (χ0n) is 12.0. The molecule has 2 aromatic rings. The van der Waals surface area contributed by atoms with Crippen LogP contribution in [0.5, 0.6) is 0 Å². The van der Waals surface area contributed by atoms with Gasteiger partial charge in [-0.15, -0.1) is 0 Å². The van der Waals surface area contributed by atoms with Crippen molar-refractivity contribution in [2.45, 2.75) is 39.2 Å². The van der Waals surface area contributed by atoms with Gasteiger partial charge >= 0.3 is 0 Å². The lowest BCUT2D eigenvalue weighted by Crippen LogP contribution is -2.07. The van der Waals surface area contributed by atoms with Crippen LogP contribution in [0.15, 0.2) is 36.4 Å². The second-order valence-corrected chi connectivity index (χ2v) is 5.76. The highest BCUT2D eigenvalue weighted by Gasteiger charge is 2.13. The van der Waals surface area contributed by atoms with Gasteiger partial charge in [0.1, 0.15) is 5.82 Å². The van der Waals surface area contributed by atoms with E-state index in [1.165, 1.54) is 36.0 Å². The highest BCUT2D eigenvalue weighted by Crippen LogP contribution is 2.27. The summed E-state index contributed by atoms with van der Waals surface area (Å²) >= 11 is 0. The highest BCUT2D eigenvalue weighted by atomic mass is 19.1. The predicted octanol–water partition coefficient (Wildman–Crippen LogP) is 4.80. The van der Waals surface area contributed by atoms with Crippen molar-refractivity contribution in [2.24, 2.45) is 0 Å². The Morgan fingerprint density at radius 2 is 1.85 bits per heavy atom. The maximum Gasteiger partial charge on any atom is 0.125 e. The first kappa shape index (κ1) is 13.2. The monoisotopic (exact) mass is 269 g/mol. The average molecular weight is 269 g/mol. The molecule has 1 aliphatic rings. The topological polar surface area (TPSA) is 12.0 Å². The molecule has 0 radical (unpaired) electrons. The van der Waals surface area contributed by atoms with Crippen LogP contribution in [0.4, 0.5) is 10.1 Å². The van der Waals surface area contributed by atoms with Gasteiger partial charge in [-0.05, 0) is 73.6 Å². The average Bonchev–Trinajstić information content (AvgIpc) is 2.84. The fraction of sp³-hybridized carbons (Fsp3) is 0.333. The fourth-order valence-corrected chi connectivity index (χ4v) is 3.01. The maximum absolute atomic E-state index is 13.4. The largest absolute Gasteiger partial charge is 0.378 e. The van der Waals surface area contributed by atoms with E-state index in [1.54, 1.807) is 12.1 Å². The van der Waals surface area contributed by atoms with E-state index in [-0.39, 0.29) is 11.9 Å². The lowest BCUT2D eigenvalue weighted by atomic mass is 10.0. The molecule has 1 aliphatic carbocycles. The van der Waals surface area contributed by atoms with Gasteiger partial charge in [-0.25, -0.2) is 4.39 Å². The van der Waals surface area contributed by atoms with Gasteiger partial charge < -0.3 is 5.32 Å². The van der Waals surface area contributed by atoms with Crippen molar-refractivity contribution in [3.63, 3.8) is 0 Å². The molecule has 1 nitrogen and oxygen atoms in total. The quantitative estimate of drug-likeness (QED) is 0.844. The molecule has 0 aliphatic heterocycles. The van der Waals surface area contributed by atoms with Crippen molar-refractivity contribution in [1.82, 2.24) is 0 Å². The summed E-state index contributed by atoms with van der Waals surface area (Å²) < 4.78 is 13.4. The minimum absolute atomic E-state index is 0.182. The van der Waals surface area contributed by atoms with E-state index in [0.29, 0.717) is 0 Å². The minimum atomic E-state index is -0.186. The SMILES string of the molecule is Cc1cc(F)cc(NC(C)c2ccc3c(c2)CCC3)c1. The number of nitrogens with one attached hydrogen (secondary N) is 1. The molecule has 0 saturated carbocycles. The van der Waals surface area contributed by atoms with Crippen molar-refractivity contribution >= 4 is 5.69 Å². The summed E-state index contributed by atoms with van der Waals surface area (Å²) in [6.45, 7) is 4.03. The molecule has 0 fully saturated rings. The van der Waals surface area contributed by atoms with Crippen LogP contribution in [-0.2, 0) is 12.8 Å². The van der Waals surface area contributed by atoms with E-state index in [9.17, 15) is 4.39 Å². The third-order valence-corrected chi connectivity index (χ3v) is 4.05. The minimum Gasteiger partial charge on any atom is -0.378 e. The number of hydrogen-bond donors (Lipinski definition) is 1. The van der Waals surface area contributed by atoms with E-state index < -0.39 is 0 Å². The van der Waals surface area contributed by atoms with Crippen LogP contribution < -0.4 is 5.32 Å². The second-order valence-electron chi connectivity index (χ2n) is 5.76. The van der Waals surface area contributed by atoms with Crippen LogP contribution in [0.2, 0.25) is 0 Å². The normalized spacial score (nSPS) is 14.9. The van der Waals surface area contributed by atoms with Crippen molar-refractivity contribution in [3.8, 4) is 0 Å². The number of hydrogen-bond acceptors (Lipinski definition) is 1. The molecule has 20 heavy (non-hydrogen) atoms. The van der Waals surface area contributed by atoms with Crippen molar-refractivity contribution in [1.29, 1.82) is 0 Å². The zero-order valence-corrected chi connectivity index (χ0v) is 12.0. The number of halogens is 1. The van der Waals surface area contributed by atoms with Crippen LogP contribution in [0.1, 0.15) is 41.6 Å². The summed E-state index contributed by atoms with van der Waals surface area (Å²) in [6.07, 6.45) is 3.67. The maximum atomic E-state index is 13.4. The van der Waals surface area contributed by atoms with Crippen LogP contribution in [0.25, 0.3) is 0 Å². The van der Waals surface area contributed by atoms with Gasteiger partial charge in [0.05, 0.1) is 0 Å². The summed E-state index contributed by atoms with van der Waals surface area (Å²) in [5.74, 6) is -0.186. The molecule has 2 aromatic carbocycles. The summed E-state index contributed by atoms with van der Waals surface area (Å²) in [6, 6.07) is 12.0. The van der Waals surface area contributed by atoms with Crippen LogP contribution >= 0.6 is 0 Å². The third kappa shape index (κ3) is 2.69. The molecule has 1 N–H and O–H groups in total. The molecule has 0 amide bonds. The van der Waals surface area contributed by atoms with Crippen LogP contribution in [-0.4, -0.2) is 0 Å². The Morgan fingerprint density at radius 3 is 2.65 bits per heavy atom. The molecule has 3 rings (SSSR count). The Balaban J connectivity index is 1.80. The van der Waals surface area contributed by atoms with Crippen LogP contribution in [0.3, 0.4) is 0 Å². The Labute approximate surface area is 119 Å². The molecule has 1 atom stereocenters. The van der Waals surface area contributed by atoms with Gasteiger partial charge in [0, 0.05) is 11.7 Å². The van der Waals surface area contributed by atoms with E-state index in [1.807, 2.05) is 13.0 Å². The lowest BCUT2D eigenvalue weighted by Gasteiger charge is -2.17. The molecule has 104 valence electrons. The summed E-state index contributed by atoms with van der Waals surface area (Å²) in [4.78, 5) is 0. The van der Waals surface area contributed by atoms with Gasteiger partial charge in [0.2, 0.25) is 0 Å². The smallest absolute Gasteiger partial charge is 0.125 e.